The van der Waals surface area contributed by atoms with E-state index in [-0.39, 0.29) is 11.9 Å². The van der Waals surface area contributed by atoms with Crippen molar-refractivity contribution in [1.29, 1.82) is 0 Å². The second-order valence-electron chi connectivity index (χ2n) is 5.24. The minimum atomic E-state index is -0.469. The number of amides is 2. The first-order chi connectivity index (χ1) is 9.60. The van der Waals surface area contributed by atoms with E-state index in [1.165, 1.54) is 18.9 Å². The van der Waals surface area contributed by atoms with Crippen molar-refractivity contribution < 1.29 is 9.59 Å². The summed E-state index contributed by atoms with van der Waals surface area (Å²) in [6.07, 6.45) is 12.2. The molecule has 2 amide bonds. The van der Waals surface area contributed by atoms with Gasteiger partial charge in [0, 0.05) is 18.5 Å². The number of nitrogens with one attached hydrogen (secondary N) is 1. The lowest BCUT2D eigenvalue weighted by molar-refractivity contribution is -0.121. The Labute approximate surface area is 123 Å². The van der Waals surface area contributed by atoms with Crippen molar-refractivity contribution >= 4 is 11.8 Å². The summed E-state index contributed by atoms with van der Waals surface area (Å²) in [6.45, 7) is 4.28. The van der Waals surface area contributed by atoms with Gasteiger partial charge in [-0.3, -0.25) is 9.59 Å². The van der Waals surface area contributed by atoms with E-state index in [9.17, 15) is 9.59 Å². The Bertz CT molecular complexity index is 301. The molecule has 0 aliphatic carbocycles. The van der Waals surface area contributed by atoms with E-state index in [1.54, 1.807) is 6.08 Å². The van der Waals surface area contributed by atoms with Gasteiger partial charge in [0.05, 0.1) is 0 Å². The van der Waals surface area contributed by atoms with Crippen LogP contribution in [0.3, 0.4) is 0 Å². The predicted molar refractivity (Wildman–Crippen MR) is 83.2 cm³/mol. The highest BCUT2D eigenvalue weighted by Crippen LogP contribution is 2.07. The average molecular weight is 282 g/mol. The zero-order valence-corrected chi connectivity index (χ0v) is 13.0. The van der Waals surface area contributed by atoms with Crippen LogP contribution in [0.25, 0.3) is 0 Å². The molecule has 1 unspecified atom stereocenters. The molecule has 0 fully saturated rings. The minimum absolute atomic E-state index is 0.0630. The van der Waals surface area contributed by atoms with Gasteiger partial charge in [-0.25, -0.2) is 0 Å². The van der Waals surface area contributed by atoms with E-state index in [1.807, 2.05) is 0 Å². The SMILES string of the molecule is CCCCCCC(/C=C/C(N)=O)NC(=O)CCCCC. The largest absolute Gasteiger partial charge is 0.366 e. The Kier molecular flexibility index (Phi) is 11.9. The van der Waals surface area contributed by atoms with Crippen LogP contribution in [-0.2, 0) is 9.59 Å². The number of nitrogens with two attached hydrogens (primary N) is 1. The zero-order valence-electron chi connectivity index (χ0n) is 13.0. The Morgan fingerprint density at radius 1 is 1.05 bits per heavy atom. The molecule has 20 heavy (non-hydrogen) atoms. The number of rotatable bonds is 12. The van der Waals surface area contributed by atoms with Crippen LogP contribution in [0, 0.1) is 0 Å². The van der Waals surface area contributed by atoms with Crippen molar-refractivity contribution in [3.8, 4) is 0 Å². The summed E-state index contributed by atoms with van der Waals surface area (Å²) >= 11 is 0. The van der Waals surface area contributed by atoms with Crippen LogP contribution in [0.15, 0.2) is 12.2 Å². The molecule has 0 spiro atoms. The lowest BCUT2D eigenvalue weighted by Gasteiger charge is -2.15. The maximum atomic E-state index is 11.8. The van der Waals surface area contributed by atoms with E-state index in [0.29, 0.717) is 6.42 Å². The van der Waals surface area contributed by atoms with Gasteiger partial charge in [-0.15, -0.1) is 0 Å². The molecule has 0 heterocycles. The van der Waals surface area contributed by atoms with E-state index < -0.39 is 5.91 Å². The number of hydrogen-bond acceptors (Lipinski definition) is 2. The smallest absolute Gasteiger partial charge is 0.241 e. The van der Waals surface area contributed by atoms with Crippen LogP contribution in [-0.4, -0.2) is 17.9 Å². The van der Waals surface area contributed by atoms with E-state index in [0.717, 1.165) is 38.5 Å². The second-order valence-corrected chi connectivity index (χ2v) is 5.24. The molecule has 0 aromatic carbocycles. The lowest BCUT2D eigenvalue weighted by Crippen LogP contribution is -2.33. The third-order valence-corrected chi connectivity index (χ3v) is 3.22. The van der Waals surface area contributed by atoms with Crippen LogP contribution in [0.5, 0.6) is 0 Å². The first-order valence-corrected chi connectivity index (χ1v) is 7.87. The molecule has 0 aromatic rings. The van der Waals surface area contributed by atoms with Crippen LogP contribution in [0.2, 0.25) is 0 Å². The molecule has 4 heteroatoms. The Morgan fingerprint density at radius 3 is 2.30 bits per heavy atom. The molecule has 0 rings (SSSR count). The van der Waals surface area contributed by atoms with E-state index in [4.69, 9.17) is 5.73 Å². The third kappa shape index (κ3) is 11.8. The zero-order chi connectivity index (χ0) is 15.2. The molecule has 0 radical (unpaired) electrons. The molecule has 0 aliphatic rings. The van der Waals surface area contributed by atoms with Gasteiger partial charge >= 0.3 is 0 Å². The molecule has 0 bridgehead atoms. The van der Waals surface area contributed by atoms with Crippen molar-refractivity contribution in [2.24, 2.45) is 5.73 Å². The monoisotopic (exact) mass is 282 g/mol. The average Bonchev–Trinajstić information content (AvgIpc) is 2.40. The molecule has 0 aliphatic heterocycles. The van der Waals surface area contributed by atoms with Crippen molar-refractivity contribution in [3.63, 3.8) is 0 Å². The number of unbranched alkanes of at least 4 members (excludes halogenated alkanes) is 5. The fraction of sp³-hybridized carbons (Fsp3) is 0.750. The van der Waals surface area contributed by atoms with Crippen molar-refractivity contribution in [1.82, 2.24) is 5.32 Å². The summed E-state index contributed by atoms with van der Waals surface area (Å²) in [5.74, 6) is -0.406. The van der Waals surface area contributed by atoms with Gasteiger partial charge in [0.15, 0.2) is 0 Å². The fourth-order valence-corrected chi connectivity index (χ4v) is 2.03. The maximum absolute atomic E-state index is 11.8. The van der Waals surface area contributed by atoms with Gasteiger partial charge in [0.2, 0.25) is 11.8 Å². The van der Waals surface area contributed by atoms with Crippen LogP contribution < -0.4 is 11.1 Å². The molecule has 0 saturated heterocycles. The maximum Gasteiger partial charge on any atom is 0.241 e. The standard InChI is InChI=1S/C16H30N2O2/c1-3-5-7-9-10-14(12-13-15(17)19)18-16(20)11-8-6-4-2/h12-14H,3-11H2,1-2H3,(H2,17,19)(H,18,20)/b13-12+. The molecular formula is C16H30N2O2. The summed E-state index contributed by atoms with van der Waals surface area (Å²) in [5.41, 5.74) is 5.11. The highest BCUT2D eigenvalue weighted by atomic mass is 16.2. The Morgan fingerprint density at radius 2 is 1.70 bits per heavy atom. The van der Waals surface area contributed by atoms with Gasteiger partial charge in [0.1, 0.15) is 0 Å². The van der Waals surface area contributed by atoms with E-state index >= 15 is 0 Å². The summed E-state index contributed by atoms with van der Waals surface area (Å²) in [4.78, 5) is 22.6. The highest BCUT2D eigenvalue weighted by Gasteiger charge is 2.09. The normalized spacial score (nSPS) is 12.5. The summed E-state index contributed by atoms with van der Waals surface area (Å²) < 4.78 is 0. The van der Waals surface area contributed by atoms with Crippen LogP contribution >= 0.6 is 0 Å². The van der Waals surface area contributed by atoms with E-state index in [2.05, 4.69) is 19.2 Å². The first-order valence-electron chi connectivity index (χ1n) is 7.87. The van der Waals surface area contributed by atoms with Gasteiger partial charge in [-0.05, 0) is 12.8 Å². The van der Waals surface area contributed by atoms with Crippen molar-refractivity contribution in [2.75, 3.05) is 0 Å². The quantitative estimate of drug-likeness (QED) is 0.426. The van der Waals surface area contributed by atoms with Crippen molar-refractivity contribution in [2.45, 2.75) is 77.7 Å². The number of primary amides is 1. The van der Waals surface area contributed by atoms with Crippen molar-refractivity contribution in [3.05, 3.63) is 12.2 Å². The molecule has 0 aromatic heterocycles. The second kappa shape index (κ2) is 12.7. The number of carbonyl (C=O) groups excluding carboxylic acids is 2. The first kappa shape index (κ1) is 18.7. The predicted octanol–water partition coefficient (Wildman–Crippen LogP) is 3.06. The molecular weight excluding hydrogens is 252 g/mol. The molecule has 116 valence electrons. The lowest BCUT2D eigenvalue weighted by atomic mass is 10.1. The molecule has 0 saturated carbocycles. The third-order valence-electron chi connectivity index (χ3n) is 3.22. The summed E-state index contributed by atoms with van der Waals surface area (Å²) in [6, 6.07) is -0.0755. The fourth-order valence-electron chi connectivity index (χ4n) is 2.03. The van der Waals surface area contributed by atoms with Gasteiger partial charge in [-0.1, -0.05) is 58.4 Å². The molecule has 3 N–H and O–H groups in total. The Hall–Kier alpha value is -1.32. The van der Waals surface area contributed by atoms with Gasteiger partial charge < -0.3 is 11.1 Å². The molecule has 1 atom stereocenters. The summed E-state index contributed by atoms with van der Waals surface area (Å²) in [5, 5.41) is 2.97. The summed E-state index contributed by atoms with van der Waals surface area (Å²) in [7, 11) is 0. The number of hydrogen-bond donors (Lipinski definition) is 2. The minimum Gasteiger partial charge on any atom is -0.366 e. The number of carbonyl (C=O) groups is 2. The highest BCUT2D eigenvalue weighted by molar-refractivity contribution is 5.86. The topological polar surface area (TPSA) is 72.2 Å². The van der Waals surface area contributed by atoms with Gasteiger partial charge in [0.25, 0.3) is 0 Å². The Balaban J connectivity index is 4.15. The van der Waals surface area contributed by atoms with Crippen LogP contribution in [0.4, 0.5) is 0 Å². The molecule has 4 nitrogen and oxygen atoms in total. The van der Waals surface area contributed by atoms with Crippen LogP contribution in [0.1, 0.15) is 71.6 Å². The van der Waals surface area contributed by atoms with Gasteiger partial charge in [-0.2, -0.15) is 0 Å².